The van der Waals surface area contributed by atoms with Crippen molar-refractivity contribution >= 4 is 29.5 Å². The van der Waals surface area contributed by atoms with Crippen molar-refractivity contribution in [1.82, 2.24) is 0 Å². The van der Waals surface area contributed by atoms with E-state index in [1.165, 1.54) is 23.5 Å². The minimum absolute atomic E-state index is 0.199. The quantitative estimate of drug-likeness (QED) is 0.795. The molecule has 0 bridgehead atoms. The van der Waals surface area contributed by atoms with E-state index in [4.69, 9.17) is 10.00 Å². The van der Waals surface area contributed by atoms with Gasteiger partial charge in [-0.3, -0.25) is 0 Å². The Kier molecular flexibility index (Phi) is 4.97. The molecule has 18 heavy (non-hydrogen) atoms. The first-order valence-electron chi connectivity index (χ1n) is 5.68. The van der Waals surface area contributed by atoms with Crippen LogP contribution in [0.4, 0.5) is 0 Å². The number of rotatable bonds is 3. The lowest BCUT2D eigenvalue weighted by Gasteiger charge is -2.21. The van der Waals surface area contributed by atoms with E-state index in [2.05, 4.69) is 0 Å². The number of carbonyl (C=O) groups is 1. The van der Waals surface area contributed by atoms with Gasteiger partial charge in [0.1, 0.15) is 6.07 Å². The minimum Gasteiger partial charge on any atom is -0.447 e. The summed E-state index contributed by atoms with van der Waals surface area (Å²) in [5.74, 6) is 1.96. The van der Waals surface area contributed by atoms with E-state index in [9.17, 15) is 4.79 Å². The molecule has 3 nitrogen and oxygen atoms in total. The van der Waals surface area contributed by atoms with Crippen molar-refractivity contribution in [3.05, 3.63) is 35.4 Å². The summed E-state index contributed by atoms with van der Waals surface area (Å²) in [5, 5.41) is 8.34. The Morgan fingerprint density at radius 1 is 1.33 bits per heavy atom. The molecule has 1 aromatic carbocycles. The summed E-state index contributed by atoms with van der Waals surface area (Å²) in [7, 11) is 0. The zero-order valence-corrected chi connectivity index (χ0v) is 11.4. The molecule has 1 aliphatic heterocycles. The number of nitriles is 1. The van der Waals surface area contributed by atoms with Gasteiger partial charge in [0.05, 0.1) is 10.1 Å². The third kappa shape index (κ3) is 3.44. The van der Waals surface area contributed by atoms with Crippen LogP contribution in [0.25, 0.3) is 0 Å². The van der Waals surface area contributed by atoms with Crippen LogP contribution in [0.15, 0.2) is 24.3 Å². The Labute approximate surface area is 115 Å². The molecule has 1 aliphatic rings. The molecule has 0 saturated carbocycles. The van der Waals surface area contributed by atoms with Gasteiger partial charge in [0.2, 0.25) is 0 Å². The second-order valence-electron chi connectivity index (χ2n) is 3.78. The maximum atomic E-state index is 11.5. The summed E-state index contributed by atoms with van der Waals surface area (Å²) in [6, 6.07) is 9.26. The maximum Gasteiger partial charge on any atom is 0.339 e. The molecule has 0 amide bonds. The third-order valence-corrected chi connectivity index (χ3v) is 5.53. The SMILES string of the molecule is N#CCOC(=O)c1ccc(C2SCCCS2)cc1. The van der Waals surface area contributed by atoms with E-state index in [0.29, 0.717) is 10.1 Å². The van der Waals surface area contributed by atoms with Crippen LogP contribution in [0.3, 0.4) is 0 Å². The summed E-state index contributed by atoms with van der Waals surface area (Å²) >= 11 is 3.90. The molecule has 2 rings (SSSR count). The van der Waals surface area contributed by atoms with Crippen molar-refractivity contribution in [2.24, 2.45) is 0 Å². The number of carbonyl (C=O) groups excluding carboxylic acids is 1. The second-order valence-corrected chi connectivity index (χ2v) is 6.51. The van der Waals surface area contributed by atoms with Crippen molar-refractivity contribution in [1.29, 1.82) is 5.26 Å². The summed E-state index contributed by atoms with van der Waals surface area (Å²) in [5.41, 5.74) is 1.74. The smallest absolute Gasteiger partial charge is 0.339 e. The van der Waals surface area contributed by atoms with Crippen molar-refractivity contribution in [2.45, 2.75) is 11.0 Å². The van der Waals surface area contributed by atoms with Crippen molar-refractivity contribution in [3.63, 3.8) is 0 Å². The molecule has 0 aliphatic carbocycles. The van der Waals surface area contributed by atoms with Gasteiger partial charge in [0, 0.05) is 0 Å². The number of thioether (sulfide) groups is 2. The van der Waals surface area contributed by atoms with Crippen LogP contribution in [0.5, 0.6) is 0 Å². The number of nitrogens with zero attached hydrogens (tertiary/aromatic N) is 1. The maximum absolute atomic E-state index is 11.5. The zero-order chi connectivity index (χ0) is 12.8. The van der Waals surface area contributed by atoms with Gasteiger partial charge in [-0.2, -0.15) is 5.26 Å². The van der Waals surface area contributed by atoms with Gasteiger partial charge in [0.25, 0.3) is 0 Å². The summed E-state index contributed by atoms with van der Waals surface area (Å²) in [6.07, 6.45) is 1.27. The molecular formula is C13H13NO2S2. The molecule has 1 heterocycles. The molecule has 94 valence electrons. The standard InChI is InChI=1S/C13H13NO2S2/c14-6-7-16-12(15)10-2-4-11(5-3-10)13-17-8-1-9-18-13/h2-5,13H,1,7-9H2. The molecule has 0 spiro atoms. The summed E-state index contributed by atoms with van der Waals surface area (Å²) in [4.78, 5) is 11.5. The summed E-state index contributed by atoms with van der Waals surface area (Å²) < 4.78 is 5.23. The predicted octanol–water partition coefficient (Wildman–Crippen LogP) is 3.24. The molecule has 1 saturated heterocycles. The van der Waals surface area contributed by atoms with Crippen LogP contribution >= 0.6 is 23.5 Å². The highest BCUT2D eigenvalue weighted by atomic mass is 32.2. The Morgan fingerprint density at radius 3 is 2.61 bits per heavy atom. The molecule has 0 aromatic heterocycles. The lowest BCUT2D eigenvalue weighted by atomic mass is 10.1. The molecule has 0 N–H and O–H groups in total. The van der Waals surface area contributed by atoms with E-state index in [-0.39, 0.29) is 6.61 Å². The summed E-state index contributed by atoms with van der Waals surface area (Å²) in [6.45, 7) is -0.199. The number of esters is 1. The van der Waals surface area contributed by atoms with Crippen LogP contribution in [0.2, 0.25) is 0 Å². The Morgan fingerprint density at radius 2 is 2.00 bits per heavy atom. The topological polar surface area (TPSA) is 50.1 Å². The van der Waals surface area contributed by atoms with Gasteiger partial charge in [-0.05, 0) is 35.6 Å². The van der Waals surface area contributed by atoms with Gasteiger partial charge in [-0.1, -0.05) is 12.1 Å². The fourth-order valence-corrected chi connectivity index (χ4v) is 4.53. The van der Waals surface area contributed by atoms with Crippen molar-refractivity contribution < 1.29 is 9.53 Å². The Hall–Kier alpha value is -1.12. The van der Waals surface area contributed by atoms with E-state index in [1.54, 1.807) is 18.2 Å². The Balaban J connectivity index is 2.00. The van der Waals surface area contributed by atoms with Gasteiger partial charge in [-0.25, -0.2) is 4.79 Å². The van der Waals surface area contributed by atoms with Crippen LogP contribution in [-0.4, -0.2) is 24.1 Å². The first-order chi connectivity index (χ1) is 8.81. The molecule has 0 atom stereocenters. The van der Waals surface area contributed by atoms with Crippen molar-refractivity contribution in [2.75, 3.05) is 18.1 Å². The van der Waals surface area contributed by atoms with Gasteiger partial charge < -0.3 is 4.74 Å². The predicted molar refractivity (Wildman–Crippen MR) is 74.6 cm³/mol. The monoisotopic (exact) mass is 279 g/mol. The first kappa shape index (κ1) is 13.3. The molecule has 1 aromatic rings. The molecule has 0 unspecified atom stereocenters. The van der Waals surface area contributed by atoms with E-state index in [1.807, 2.05) is 35.7 Å². The molecule has 5 heteroatoms. The first-order valence-corrected chi connectivity index (χ1v) is 7.78. The fraction of sp³-hybridized carbons (Fsp3) is 0.385. The highest BCUT2D eigenvalue weighted by molar-refractivity contribution is 8.16. The molecule has 1 fully saturated rings. The third-order valence-electron chi connectivity index (χ3n) is 2.51. The largest absolute Gasteiger partial charge is 0.447 e. The Bertz CT molecular complexity index is 447. The lowest BCUT2D eigenvalue weighted by Crippen LogP contribution is -2.06. The average Bonchev–Trinajstić information content (AvgIpc) is 2.46. The number of hydrogen-bond donors (Lipinski definition) is 0. The van der Waals surface area contributed by atoms with E-state index >= 15 is 0 Å². The number of hydrogen-bond acceptors (Lipinski definition) is 5. The average molecular weight is 279 g/mol. The van der Waals surface area contributed by atoms with Crippen LogP contribution in [0, 0.1) is 11.3 Å². The van der Waals surface area contributed by atoms with Gasteiger partial charge >= 0.3 is 5.97 Å². The van der Waals surface area contributed by atoms with Crippen LogP contribution in [-0.2, 0) is 4.74 Å². The van der Waals surface area contributed by atoms with E-state index in [0.717, 1.165) is 0 Å². The number of benzene rings is 1. The minimum atomic E-state index is -0.438. The van der Waals surface area contributed by atoms with Gasteiger partial charge in [0.15, 0.2) is 6.61 Å². The zero-order valence-electron chi connectivity index (χ0n) is 9.80. The van der Waals surface area contributed by atoms with E-state index < -0.39 is 5.97 Å². The normalized spacial score (nSPS) is 15.9. The van der Waals surface area contributed by atoms with Crippen molar-refractivity contribution in [3.8, 4) is 6.07 Å². The second kappa shape index (κ2) is 6.72. The molecular weight excluding hydrogens is 266 g/mol. The fourth-order valence-electron chi connectivity index (χ4n) is 1.64. The van der Waals surface area contributed by atoms with Gasteiger partial charge in [-0.15, -0.1) is 23.5 Å². The highest BCUT2D eigenvalue weighted by Gasteiger charge is 2.17. The van der Waals surface area contributed by atoms with Crippen LogP contribution < -0.4 is 0 Å². The lowest BCUT2D eigenvalue weighted by molar-refractivity contribution is 0.0555. The highest BCUT2D eigenvalue weighted by Crippen LogP contribution is 2.43. The van der Waals surface area contributed by atoms with Crippen LogP contribution in [0.1, 0.15) is 26.9 Å². The number of ether oxygens (including phenoxy) is 1. The molecule has 0 radical (unpaired) electrons.